The molecule has 0 saturated carbocycles. The average molecular weight is 363 g/mol. The first kappa shape index (κ1) is 19.3. The molecule has 0 aliphatic carbocycles. The summed E-state index contributed by atoms with van der Waals surface area (Å²) in [5.74, 6) is -0.755. The van der Waals surface area contributed by atoms with Gasteiger partial charge in [-0.3, -0.25) is 9.69 Å². The Labute approximate surface area is 148 Å². The Balaban J connectivity index is 2.08. The molecule has 0 aromatic rings. The van der Waals surface area contributed by atoms with E-state index < -0.39 is 17.6 Å². The first-order valence-corrected chi connectivity index (χ1v) is 8.86. The van der Waals surface area contributed by atoms with Crippen LogP contribution in [0.15, 0.2) is 0 Å². The van der Waals surface area contributed by atoms with Crippen molar-refractivity contribution in [2.45, 2.75) is 38.8 Å². The molecule has 2 heterocycles. The normalized spacial score (nSPS) is 26.1. The number of likely N-dealkylation sites (tertiary alicyclic amines) is 1. The van der Waals surface area contributed by atoms with Gasteiger partial charge in [-0.2, -0.15) is 0 Å². The summed E-state index contributed by atoms with van der Waals surface area (Å²) in [4.78, 5) is 28.5. The second kappa shape index (κ2) is 8.36. The van der Waals surface area contributed by atoms with Crippen LogP contribution >= 0.6 is 11.6 Å². The number of hydrogen-bond acceptors (Lipinski definition) is 6. The van der Waals surface area contributed by atoms with Crippen LogP contribution in [0.25, 0.3) is 0 Å². The molecule has 2 aliphatic heterocycles. The fraction of sp³-hybridized carbons (Fsp3) is 0.875. The summed E-state index contributed by atoms with van der Waals surface area (Å²) in [6, 6.07) is -0.0904. The van der Waals surface area contributed by atoms with Crippen LogP contribution in [-0.4, -0.2) is 79.0 Å². The van der Waals surface area contributed by atoms with Crippen LogP contribution in [0, 0.1) is 5.92 Å². The van der Waals surface area contributed by atoms with E-state index in [2.05, 4.69) is 4.90 Å². The van der Waals surface area contributed by atoms with Gasteiger partial charge in [0.2, 0.25) is 0 Å². The third-order valence-corrected chi connectivity index (χ3v) is 4.28. The van der Waals surface area contributed by atoms with Gasteiger partial charge < -0.3 is 19.1 Å². The molecule has 2 aliphatic rings. The van der Waals surface area contributed by atoms with Crippen LogP contribution in [-0.2, 0) is 19.0 Å². The van der Waals surface area contributed by atoms with E-state index in [4.69, 9.17) is 25.8 Å². The van der Waals surface area contributed by atoms with Gasteiger partial charge in [-0.25, -0.2) is 4.79 Å². The number of halogens is 1. The highest BCUT2D eigenvalue weighted by Crippen LogP contribution is 2.25. The number of ether oxygens (including phenoxy) is 3. The molecule has 0 spiro atoms. The number of carbonyl (C=O) groups is 2. The third kappa shape index (κ3) is 5.50. The lowest BCUT2D eigenvalue weighted by molar-refractivity contribution is -0.149. The third-order valence-electron chi connectivity index (χ3n) is 4.17. The Morgan fingerprint density at radius 3 is 2.46 bits per heavy atom. The van der Waals surface area contributed by atoms with Crippen LogP contribution in [0.3, 0.4) is 0 Å². The van der Waals surface area contributed by atoms with E-state index in [0.29, 0.717) is 32.7 Å². The van der Waals surface area contributed by atoms with E-state index in [-0.39, 0.29) is 18.1 Å². The zero-order chi connectivity index (χ0) is 17.7. The van der Waals surface area contributed by atoms with Gasteiger partial charge in [-0.05, 0) is 27.2 Å². The van der Waals surface area contributed by atoms with Gasteiger partial charge in [0, 0.05) is 32.2 Å². The van der Waals surface area contributed by atoms with Crippen molar-refractivity contribution in [3.63, 3.8) is 0 Å². The Bertz CT molecular complexity index is 448. The van der Waals surface area contributed by atoms with Gasteiger partial charge in [0.25, 0.3) is 0 Å². The summed E-state index contributed by atoms with van der Waals surface area (Å²) in [6.07, 6.45) is 0.249. The molecule has 0 bridgehead atoms. The van der Waals surface area contributed by atoms with E-state index in [1.54, 1.807) is 4.90 Å². The van der Waals surface area contributed by atoms with Crippen LogP contribution in [0.2, 0.25) is 0 Å². The Morgan fingerprint density at radius 2 is 1.88 bits per heavy atom. The quantitative estimate of drug-likeness (QED) is 0.562. The number of hydrogen-bond donors (Lipinski definition) is 0. The number of alkyl halides is 1. The number of rotatable bonds is 3. The predicted octanol–water partition coefficient (Wildman–Crippen LogP) is 1.68. The Morgan fingerprint density at radius 1 is 1.21 bits per heavy atom. The zero-order valence-corrected chi connectivity index (χ0v) is 15.4. The molecular weight excluding hydrogens is 336 g/mol. The van der Waals surface area contributed by atoms with Crippen molar-refractivity contribution >= 4 is 23.7 Å². The van der Waals surface area contributed by atoms with Gasteiger partial charge in [0.05, 0.1) is 19.1 Å². The largest absolute Gasteiger partial charge is 0.449 e. The average Bonchev–Trinajstić information content (AvgIpc) is 2.54. The zero-order valence-electron chi connectivity index (χ0n) is 14.6. The Kier molecular flexibility index (Phi) is 6.71. The van der Waals surface area contributed by atoms with Crippen molar-refractivity contribution in [1.82, 2.24) is 9.80 Å². The van der Waals surface area contributed by atoms with Crippen molar-refractivity contribution in [2.24, 2.45) is 5.92 Å². The first-order valence-electron chi connectivity index (χ1n) is 8.32. The van der Waals surface area contributed by atoms with Gasteiger partial charge in [0.1, 0.15) is 5.60 Å². The monoisotopic (exact) mass is 362 g/mol. The summed E-state index contributed by atoms with van der Waals surface area (Å²) >= 11 is 5.51. The number of nitrogens with zero attached hydrogens (tertiary/aromatic N) is 2. The van der Waals surface area contributed by atoms with Gasteiger partial charge in [-0.1, -0.05) is 11.6 Å². The van der Waals surface area contributed by atoms with E-state index in [0.717, 1.165) is 13.1 Å². The van der Waals surface area contributed by atoms with E-state index in [1.165, 1.54) is 0 Å². The Hall–Kier alpha value is -1.05. The lowest BCUT2D eigenvalue weighted by atomic mass is 9.93. The molecule has 2 unspecified atom stereocenters. The molecule has 1 amide bonds. The summed E-state index contributed by atoms with van der Waals surface area (Å²) in [7, 11) is 0. The van der Waals surface area contributed by atoms with Gasteiger partial charge >= 0.3 is 12.1 Å². The van der Waals surface area contributed by atoms with Crippen LogP contribution in [0.4, 0.5) is 4.79 Å². The molecule has 8 heteroatoms. The number of carbonyl (C=O) groups excluding carboxylic acids is 2. The minimum atomic E-state index is -0.574. The molecule has 0 aromatic carbocycles. The highest BCUT2D eigenvalue weighted by Gasteiger charge is 2.38. The smallest absolute Gasteiger partial charge is 0.410 e. The summed E-state index contributed by atoms with van der Waals surface area (Å²) < 4.78 is 15.8. The van der Waals surface area contributed by atoms with E-state index in [1.807, 2.05) is 20.8 Å². The highest BCUT2D eigenvalue weighted by atomic mass is 35.5. The van der Waals surface area contributed by atoms with Gasteiger partial charge in [0.15, 0.2) is 6.07 Å². The molecule has 2 saturated heterocycles. The van der Waals surface area contributed by atoms with Gasteiger partial charge in [-0.15, -0.1) is 0 Å². The number of piperidine rings is 1. The minimum absolute atomic E-state index is 0.0862. The fourth-order valence-corrected chi connectivity index (χ4v) is 3.21. The van der Waals surface area contributed by atoms with Crippen LogP contribution < -0.4 is 0 Å². The van der Waals surface area contributed by atoms with E-state index in [9.17, 15) is 9.59 Å². The number of amides is 1. The molecule has 138 valence electrons. The summed E-state index contributed by atoms with van der Waals surface area (Å²) in [5.41, 5.74) is -0.574. The highest BCUT2D eigenvalue weighted by molar-refractivity contribution is 6.17. The number of morpholine rings is 1. The molecule has 0 N–H and O–H groups in total. The lowest BCUT2D eigenvalue weighted by Crippen LogP contribution is -2.56. The van der Waals surface area contributed by atoms with Crippen LogP contribution in [0.1, 0.15) is 27.2 Å². The van der Waals surface area contributed by atoms with Crippen LogP contribution in [0.5, 0.6) is 0 Å². The minimum Gasteiger partial charge on any atom is -0.449 e. The molecule has 24 heavy (non-hydrogen) atoms. The maximum Gasteiger partial charge on any atom is 0.410 e. The fourth-order valence-electron chi connectivity index (χ4n) is 3.10. The SMILES string of the molecule is CC(C)(C)OC(=O)N1CC(C(=O)OCCl)CC(N2CCOCC2)C1. The molecule has 7 nitrogen and oxygen atoms in total. The summed E-state index contributed by atoms with van der Waals surface area (Å²) in [6.45, 7) is 9.24. The second-order valence-electron chi connectivity index (χ2n) is 7.19. The second-order valence-corrected chi connectivity index (χ2v) is 7.41. The summed E-state index contributed by atoms with van der Waals surface area (Å²) in [5, 5.41) is 0. The molecule has 2 fully saturated rings. The predicted molar refractivity (Wildman–Crippen MR) is 88.9 cm³/mol. The van der Waals surface area contributed by atoms with E-state index >= 15 is 0 Å². The lowest BCUT2D eigenvalue weighted by Gasteiger charge is -2.43. The number of esters is 1. The topological polar surface area (TPSA) is 68.3 Å². The molecular formula is C16H27ClN2O5. The van der Waals surface area contributed by atoms with Crippen molar-refractivity contribution in [2.75, 3.05) is 45.5 Å². The molecule has 2 rings (SSSR count). The maximum atomic E-state index is 12.5. The first-order chi connectivity index (χ1) is 11.3. The van der Waals surface area contributed by atoms with Crippen molar-refractivity contribution in [3.8, 4) is 0 Å². The standard InChI is InChI=1S/C16H27ClN2O5/c1-16(2,3)24-15(21)19-9-12(14(20)23-11-17)8-13(10-19)18-4-6-22-7-5-18/h12-13H,4-11H2,1-3H3. The molecule has 0 aromatic heterocycles. The molecule has 2 atom stereocenters. The molecule has 0 radical (unpaired) electrons. The van der Waals surface area contributed by atoms with Crippen molar-refractivity contribution in [1.29, 1.82) is 0 Å². The van der Waals surface area contributed by atoms with Crippen molar-refractivity contribution < 1.29 is 23.8 Å². The maximum absolute atomic E-state index is 12.5. The van der Waals surface area contributed by atoms with Crippen molar-refractivity contribution in [3.05, 3.63) is 0 Å².